The fraction of sp³-hybridized carbons (Fsp3) is 0.278. The van der Waals surface area contributed by atoms with Gasteiger partial charge < -0.3 is 9.88 Å². The third-order valence-electron chi connectivity index (χ3n) is 3.88. The lowest BCUT2D eigenvalue weighted by molar-refractivity contribution is -0.123. The summed E-state index contributed by atoms with van der Waals surface area (Å²) in [5.41, 5.74) is 5.31. The number of aromatic nitrogens is 1. The lowest BCUT2D eigenvalue weighted by atomic mass is 10.1. The van der Waals surface area contributed by atoms with Crippen LogP contribution in [-0.4, -0.2) is 40.3 Å². The van der Waals surface area contributed by atoms with Gasteiger partial charge in [-0.1, -0.05) is 23.2 Å². The zero-order valence-corrected chi connectivity index (χ0v) is 17.6. The number of hydrazine groups is 1. The monoisotopic (exact) mass is 442 g/mol. The van der Waals surface area contributed by atoms with Gasteiger partial charge in [0.15, 0.2) is 0 Å². The van der Waals surface area contributed by atoms with Crippen molar-refractivity contribution in [2.45, 2.75) is 12.5 Å². The van der Waals surface area contributed by atoms with Crippen LogP contribution in [0.3, 0.4) is 0 Å². The Bertz CT molecular complexity index is 872. The Kier molecular flexibility index (Phi) is 8.22. The topological polar surface area (TPSA) is 92.2 Å². The van der Waals surface area contributed by atoms with E-state index in [-0.39, 0.29) is 10.6 Å². The van der Waals surface area contributed by atoms with E-state index in [0.29, 0.717) is 22.9 Å². The first-order valence-electron chi connectivity index (χ1n) is 8.30. The van der Waals surface area contributed by atoms with Crippen molar-refractivity contribution < 1.29 is 14.4 Å². The van der Waals surface area contributed by atoms with Crippen LogP contribution in [0.15, 0.2) is 36.5 Å². The SMILES string of the molecule is CSCCC(NC(=O)c1ccc(Cl)cc1Cl)C(=O)NNC(=O)c1cccn1C. The number of aryl methyl sites for hydroxylation is 1. The lowest BCUT2D eigenvalue weighted by Crippen LogP contribution is -2.52. The fourth-order valence-corrected chi connectivity index (χ4v) is 3.35. The fourth-order valence-electron chi connectivity index (χ4n) is 2.38. The highest BCUT2D eigenvalue weighted by Crippen LogP contribution is 2.21. The Hall–Kier alpha value is -2.16. The maximum absolute atomic E-state index is 12.5. The third kappa shape index (κ3) is 5.92. The Morgan fingerprint density at radius 3 is 2.50 bits per heavy atom. The highest BCUT2D eigenvalue weighted by molar-refractivity contribution is 7.98. The second kappa shape index (κ2) is 10.4. The maximum atomic E-state index is 12.5. The highest BCUT2D eigenvalue weighted by Gasteiger charge is 2.23. The van der Waals surface area contributed by atoms with Crippen molar-refractivity contribution in [1.82, 2.24) is 20.7 Å². The summed E-state index contributed by atoms with van der Waals surface area (Å²) >= 11 is 13.4. The minimum atomic E-state index is -0.847. The summed E-state index contributed by atoms with van der Waals surface area (Å²) < 4.78 is 1.62. The quantitative estimate of drug-likeness (QED) is 0.574. The van der Waals surface area contributed by atoms with Crippen LogP contribution in [0.25, 0.3) is 0 Å². The Morgan fingerprint density at radius 1 is 1.14 bits per heavy atom. The van der Waals surface area contributed by atoms with Crippen molar-refractivity contribution in [3.63, 3.8) is 0 Å². The molecule has 2 aromatic rings. The second-order valence-electron chi connectivity index (χ2n) is 5.88. The molecule has 7 nitrogen and oxygen atoms in total. The summed E-state index contributed by atoms with van der Waals surface area (Å²) in [7, 11) is 1.72. The van der Waals surface area contributed by atoms with Crippen molar-refractivity contribution in [3.05, 3.63) is 57.8 Å². The molecule has 0 radical (unpaired) electrons. The van der Waals surface area contributed by atoms with E-state index >= 15 is 0 Å². The number of thioether (sulfide) groups is 1. The van der Waals surface area contributed by atoms with Crippen molar-refractivity contribution in [1.29, 1.82) is 0 Å². The molecule has 1 atom stereocenters. The molecule has 0 aliphatic carbocycles. The van der Waals surface area contributed by atoms with Crippen LogP contribution in [0, 0.1) is 0 Å². The molecule has 0 fully saturated rings. The highest BCUT2D eigenvalue weighted by atomic mass is 35.5. The van der Waals surface area contributed by atoms with Gasteiger partial charge in [-0.3, -0.25) is 25.2 Å². The van der Waals surface area contributed by atoms with E-state index in [1.165, 1.54) is 23.9 Å². The average Bonchev–Trinajstić information content (AvgIpc) is 3.08. The predicted molar refractivity (Wildman–Crippen MR) is 112 cm³/mol. The van der Waals surface area contributed by atoms with Gasteiger partial charge in [-0.05, 0) is 48.8 Å². The normalized spacial score (nSPS) is 11.6. The molecule has 150 valence electrons. The van der Waals surface area contributed by atoms with Crippen LogP contribution in [-0.2, 0) is 11.8 Å². The maximum Gasteiger partial charge on any atom is 0.286 e. The zero-order valence-electron chi connectivity index (χ0n) is 15.3. The van der Waals surface area contributed by atoms with E-state index < -0.39 is 23.8 Å². The van der Waals surface area contributed by atoms with Gasteiger partial charge in [0.1, 0.15) is 11.7 Å². The molecule has 3 N–H and O–H groups in total. The van der Waals surface area contributed by atoms with Gasteiger partial charge in [-0.15, -0.1) is 0 Å². The molecule has 10 heteroatoms. The molecule has 2 rings (SSSR count). The van der Waals surface area contributed by atoms with Crippen molar-refractivity contribution in [2.24, 2.45) is 7.05 Å². The van der Waals surface area contributed by atoms with E-state index in [2.05, 4.69) is 16.2 Å². The molecular formula is C18H20Cl2N4O3S. The van der Waals surface area contributed by atoms with Crippen LogP contribution in [0.1, 0.15) is 27.3 Å². The Balaban J connectivity index is 2.03. The molecule has 0 aliphatic heterocycles. The summed E-state index contributed by atoms with van der Waals surface area (Å²) in [6.45, 7) is 0. The smallest absolute Gasteiger partial charge is 0.286 e. The first kappa shape index (κ1) is 22.1. The van der Waals surface area contributed by atoms with E-state index in [0.717, 1.165) is 0 Å². The largest absolute Gasteiger partial charge is 0.347 e. The molecule has 0 bridgehead atoms. The number of amides is 3. The van der Waals surface area contributed by atoms with E-state index in [1.54, 1.807) is 36.0 Å². The number of halogens is 2. The molecule has 1 aromatic heterocycles. The second-order valence-corrected chi connectivity index (χ2v) is 7.71. The first-order valence-corrected chi connectivity index (χ1v) is 10.4. The van der Waals surface area contributed by atoms with Gasteiger partial charge in [-0.2, -0.15) is 11.8 Å². The molecule has 3 amide bonds. The molecule has 0 aliphatic rings. The van der Waals surface area contributed by atoms with Crippen LogP contribution < -0.4 is 16.2 Å². The lowest BCUT2D eigenvalue weighted by Gasteiger charge is -2.19. The van der Waals surface area contributed by atoms with Gasteiger partial charge in [0.25, 0.3) is 17.7 Å². The van der Waals surface area contributed by atoms with Crippen LogP contribution in [0.4, 0.5) is 0 Å². The molecule has 0 saturated carbocycles. The van der Waals surface area contributed by atoms with Crippen molar-refractivity contribution >= 4 is 52.7 Å². The number of nitrogens with one attached hydrogen (secondary N) is 3. The van der Waals surface area contributed by atoms with Gasteiger partial charge in [0, 0.05) is 18.3 Å². The predicted octanol–water partition coefficient (Wildman–Crippen LogP) is 2.64. The number of nitrogens with zero attached hydrogens (tertiary/aromatic N) is 1. The first-order chi connectivity index (χ1) is 13.3. The molecule has 1 unspecified atom stereocenters. The van der Waals surface area contributed by atoms with E-state index in [4.69, 9.17) is 23.2 Å². The van der Waals surface area contributed by atoms with E-state index in [9.17, 15) is 14.4 Å². The molecule has 0 spiro atoms. The Labute approximate surface area is 177 Å². The standard InChI is InChI=1S/C18H20Cl2N4O3S/c1-24-8-3-4-15(24)18(27)23-22-17(26)14(7-9-28-2)21-16(25)12-6-5-11(19)10-13(12)20/h3-6,8,10,14H,7,9H2,1-2H3,(H,21,25)(H,22,26)(H,23,27). The number of rotatable bonds is 7. The summed E-state index contributed by atoms with van der Waals surface area (Å²) in [6.07, 6.45) is 3.99. The van der Waals surface area contributed by atoms with Crippen LogP contribution in [0.5, 0.6) is 0 Å². The molecule has 28 heavy (non-hydrogen) atoms. The van der Waals surface area contributed by atoms with Gasteiger partial charge in [-0.25, -0.2) is 0 Å². The summed E-state index contributed by atoms with van der Waals surface area (Å²) in [4.78, 5) is 37.1. The van der Waals surface area contributed by atoms with Crippen molar-refractivity contribution in [2.75, 3.05) is 12.0 Å². The Morgan fingerprint density at radius 2 is 1.89 bits per heavy atom. The molecule has 1 heterocycles. The third-order valence-corrected chi connectivity index (χ3v) is 5.08. The van der Waals surface area contributed by atoms with Gasteiger partial charge in [0.2, 0.25) is 0 Å². The van der Waals surface area contributed by atoms with Crippen LogP contribution >= 0.6 is 35.0 Å². The van der Waals surface area contributed by atoms with Gasteiger partial charge >= 0.3 is 0 Å². The number of carbonyl (C=O) groups excluding carboxylic acids is 3. The molecule has 1 aromatic carbocycles. The minimum absolute atomic E-state index is 0.186. The summed E-state index contributed by atoms with van der Waals surface area (Å²) in [5.74, 6) is -0.860. The zero-order chi connectivity index (χ0) is 20.7. The minimum Gasteiger partial charge on any atom is -0.347 e. The van der Waals surface area contributed by atoms with Gasteiger partial charge in [0.05, 0.1) is 10.6 Å². The average molecular weight is 443 g/mol. The van der Waals surface area contributed by atoms with E-state index in [1.807, 2.05) is 6.26 Å². The molecular weight excluding hydrogens is 423 g/mol. The number of hydrogen-bond acceptors (Lipinski definition) is 4. The van der Waals surface area contributed by atoms with Crippen LogP contribution in [0.2, 0.25) is 10.0 Å². The summed E-state index contributed by atoms with van der Waals surface area (Å²) in [5, 5.41) is 3.24. The number of hydrogen-bond donors (Lipinski definition) is 3. The number of benzene rings is 1. The van der Waals surface area contributed by atoms with Crippen molar-refractivity contribution in [3.8, 4) is 0 Å². The molecule has 0 saturated heterocycles. The number of carbonyl (C=O) groups is 3. The summed E-state index contributed by atoms with van der Waals surface area (Å²) in [6, 6.07) is 6.97.